The molecule has 0 radical (unpaired) electrons. The number of rotatable bonds is 5. The van der Waals surface area contributed by atoms with Gasteiger partial charge in [0.2, 0.25) is 0 Å². The molecule has 41 heavy (non-hydrogen) atoms. The van der Waals surface area contributed by atoms with Crippen LogP contribution in [0.25, 0.3) is 33.4 Å². The molecule has 2 fully saturated rings. The van der Waals surface area contributed by atoms with Crippen LogP contribution >= 0.6 is 0 Å². The lowest BCUT2D eigenvalue weighted by Crippen LogP contribution is -2.49. The van der Waals surface area contributed by atoms with Gasteiger partial charge >= 0.3 is 0 Å². The molecular formula is C39H37NSi. The van der Waals surface area contributed by atoms with Crippen LogP contribution in [0.1, 0.15) is 37.2 Å². The first-order valence-corrected chi connectivity index (χ1v) is 18.4. The molecule has 0 aromatic heterocycles. The number of hydrogen-bond acceptors (Lipinski definition) is 1. The van der Waals surface area contributed by atoms with E-state index in [9.17, 15) is 0 Å². The molecule has 0 amide bonds. The minimum Gasteiger partial charge on any atom is -0.356 e. The summed E-state index contributed by atoms with van der Waals surface area (Å²) in [4.78, 5) is 0. The summed E-state index contributed by atoms with van der Waals surface area (Å²) in [6.45, 7) is 4.98. The van der Waals surface area contributed by atoms with Crippen LogP contribution in [0.15, 0.2) is 115 Å². The van der Waals surface area contributed by atoms with Crippen molar-refractivity contribution in [2.75, 3.05) is 5.32 Å². The molecule has 3 unspecified atom stereocenters. The van der Waals surface area contributed by atoms with Gasteiger partial charge in [-0.1, -0.05) is 111 Å². The average molecular weight is 548 g/mol. The Morgan fingerprint density at radius 1 is 0.561 bits per heavy atom. The monoisotopic (exact) mass is 547 g/mol. The van der Waals surface area contributed by atoms with Gasteiger partial charge in [-0.3, -0.25) is 0 Å². The van der Waals surface area contributed by atoms with E-state index in [2.05, 4.69) is 134 Å². The Morgan fingerprint density at radius 2 is 1.17 bits per heavy atom. The molecule has 2 saturated carbocycles. The lowest BCUT2D eigenvalue weighted by Gasteiger charge is -2.22. The first kappa shape index (κ1) is 24.9. The van der Waals surface area contributed by atoms with Gasteiger partial charge in [0.1, 0.15) is 8.07 Å². The number of benzene rings is 5. The third kappa shape index (κ3) is 4.19. The molecule has 2 heteroatoms. The van der Waals surface area contributed by atoms with Crippen LogP contribution in [0.5, 0.6) is 0 Å². The number of fused-ring (bicyclic) bond motifs is 5. The van der Waals surface area contributed by atoms with Crippen LogP contribution in [-0.4, -0.2) is 8.07 Å². The van der Waals surface area contributed by atoms with Gasteiger partial charge in [0.25, 0.3) is 0 Å². The van der Waals surface area contributed by atoms with Crippen LogP contribution in [-0.2, 0) is 0 Å². The summed E-state index contributed by atoms with van der Waals surface area (Å²) in [6, 6.07) is 43.2. The van der Waals surface area contributed by atoms with Crippen LogP contribution < -0.4 is 15.7 Å². The van der Waals surface area contributed by atoms with Crippen molar-refractivity contribution in [3.8, 4) is 33.4 Å². The summed E-state index contributed by atoms with van der Waals surface area (Å²) < 4.78 is 0. The molecule has 1 aliphatic heterocycles. The minimum absolute atomic E-state index is 0.788. The predicted molar refractivity (Wildman–Crippen MR) is 177 cm³/mol. The number of nitrogens with one attached hydrogen (secondary N) is 1. The molecular weight excluding hydrogens is 511 g/mol. The normalized spacial score (nSPS) is 21.5. The lowest BCUT2D eigenvalue weighted by atomic mass is 9.83. The smallest absolute Gasteiger partial charge is 0.113 e. The van der Waals surface area contributed by atoms with Crippen molar-refractivity contribution in [2.24, 2.45) is 11.8 Å². The Kier molecular flexibility index (Phi) is 5.82. The van der Waals surface area contributed by atoms with E-state index in [0.717, 1.165) is 29.1 Å². The van der Waals surface area contributed by atoms with Gasteiger partial charge in [0.05, 0.1) is 0 Å². The Morgan fingerprint density at radius 3 is 1.85 bits per heavy atom. The first-order valence-electron chi connectivity index (χ1n) is 15.4. The maximum atomic E-state index is 3.63. The maximum Gasteiger partial charge on any atom is 0.113 e. The highest BCUT2D eigenvalue weighted by Crippen LogP contribution is 2.52. The average Bonchev–Trinajstić information content (AvgIpc) is 3.71. The lowest BCUT2D eigenvalue weighted by molar-refractivity contribution is 0.420. The quantitative estimate of drug-likeness (QED) is 0.216. The Hall–Kier alpha value is -3.88. The highest BCUT2D eigenvalue weighted by molar-refractivity contribution is 7.03. The third-order valence-electron chi connectivity index (χ3n) is 10.4. The summed E-state index contributed by atoms with van der Waals surface area (Å²) in [5, 5.41) is 6.74. The van der Waals surface area contributed by atoms with E-state index in [1.807, 2.05) is 0 Å². The van der Waals surface area contributed by atoms with E-state index >= 15 is 0 Å². The van der Waals surface area contributed by atoms with Crippen molar-refractivity contribution < 1.29 is 0 Å². The second-order valence-corrected chi connectivity index (χ2v) is 17.4. The van der Waals surface area contributed by atoms with Gasteiger partial charge in [-0.15, -0.1) is 0 Å². The summed E-state index contributed by atoms with van der Waals surface area (Å²) in [5.41, 5.74) is 11.8. The van der Waals surface area contributed by atoms with E-state index < -0.39 is 8.07 Å². The molecule has 5 aromatic rings. The summed E-state index contributed by atoms with van der Waals surface area (Å²) in [7, 11) is -1.71. The van der Waals surface area contributed by atoms with Gasteiger partial charge in [-0.25, -0.2) is 0 Å². The number of anilines is 2. The SMILES string of the molecule is C[Si]1(C)c2ccccc2-c2ccc(-c3ccccc3-c3ccc(Nc4ccc(C5CC6CCC5C6)cc4)cc3)cc21. The van der Waals surface area contributed by atoms with Crippen molar-refractivity contribution >= 4 is 29.8 Å². The largest absolute Gasteiger partial charge is 0.356 e. The number of hydrogen-bond donors (Lipinski definition) is 1. The van der Waals surface area contributed by atoms with Gasteiger partial charge < -0.3 is 5.32 Å². The van der Waals surface area contributed by atoms with Crippen molar-refractivity contribution in [2.45, 2.75) is 44.7 Å². The van der Waals surface area contributed by atoms with Crippen LogP contribution in [0.3, 0.4) is 0 Å². The maximum absolute atomic E-state index is 3.63. The topological polar surface area (TPSA) is 12.0 Å². The Balaban J connectivity index is 1.04. The molecule has 1 heterocycles. The highest BCUT2D eigenvalue weighted by atomic mass is 28.3. The molecule has 2 bridgehead atoms. The molecule has 8 rings (SSSR count). The molecule has 1 N–H and O–H groups in total. The van der Waals surface area contributed by atoms with E-state index in [-0.39, 0.29) is 0 Å². The molecule has 0 saturated heterocycles. The van der Waals surface area contributed by atoms with Gasteiger partial charge in [0.15, 0.2) is 0 Å². The third-order valence-corrected chi connectivity index (χ3v) is 13.9. The zero-order valence-corrected chi connectivity index (χ0v) is 25.0. The molecule has 1 nitrogen and oxygen atoms in total. The molecule has 202 valence electrons. The van der Waals surface area contributed by atoms with E-state index in [1.54, 1.807) is 10.4 Å². The second-order valence-electron chi connectivity index (χ2n) is 13.1. The van der Waals surface area contributed by atoms with Crippen molar-refractivity contribution in [3.05, 3.63) is 121 Å². The first-order chi connectivity index (χ1) is 20.0. The van der Waals surface area contributed by atoms with Crippen molar-refractivity contribution in [1.29, 1.82) is 0 Å². The highest BCUT2D eigenvalue weighted by Gasteiger charge is 2.40. The fourth-order valence-electron chi connectivity index (χ4n) is 8.22. The fraction of sp³-hybridized carbons (Fsp3) is 0.231. The van der Waals surface area contributed by atoms with Gasteiger partial charge in [-0.05, 0) is 111 Å². The van der Waals surface area contributed by atoms with E-state index in [4.69, 9.17) is 0 Å². The van der Waals surface area contributed by atoms with Gasteiger partial charge in [0, 0.05) is 11.4 Å². The molecule has 0 spiro atoms. The summed E-state index contributed by atoms with van der Waals surface area (Å²) in [5.74, 6) is 2.70. The molecule has 5 aromatic carbocycles. The van der Waals surface area contributed by atoms with Crippen molar-refractivity contribution in [1.82, 2.24) is 0 Å². The summed E-state index contributed by atoms with van der Waals surface area (Å²) >= 11 is 0. The van der Waals surface area contributed by atoms with E-state index in [1.165, 1.54) is 64.6 Å². The zero-order chi connectivity index (χ0) is 27.6. The van der Waals surface area contributed by atoms with E-state index in [0.29, 0.717) is 0 Å². The van der Waals surface area contributed by atoms with Crippen LogP contribution in [0.2, 0.25) is 13.1 Å². The second kappa shape index (κ2) is 9.60. The fourth-order valence-corrected chi connectivity index (χ4v) is 11.3. The van der Waals surface area contributed by atoms with Gasteiger partial charge in [-0.2, -0.15) is 0 Å². The minimum atomic E-state index is -1.71. The molecule has 3 aliphatic rings. The Labute approximate surface area is 245 Å². The molecule has 2 aliphatic carbocycles. The van der Waals surface area contributed by atoms with Crippen LogP contribution in [0, 0.1) is 11.8 Å². The molecule has 3 atom stereocenters. The predicted octanol–water partition coefficient (Wildman–Crippen LogP) is 9.47. The summed E-state index contributed by atoms with van der Waals surface area (Å²) in [6.07, 6.45) is 5.76. The zero-order valence-electron chi connectivity index (χ0n) is 24.0. The van der Waals surface area contributed by atoms with Crippen molar-refractivity contribution in [3.63, 3.8) is 0 Å². The standard InChI is InChI=1S/C39H37NSi/c1-41(2)38-10-6-5-9-35(38)36-22-17-30(25-39(36)41)34-8-4-3-7-33(34)27-13-18-31(19-14-27)40-32-20-15-28(16-21-32)37-24-26-11-12-29(37)23-26/h3-10,13-22,25-26,29,37,40H,11-12,23-24H2,1-2H3. The Bertz CT molecular complexity index is 1750. The van der Waals surface area contributed by atoms with Crippen LogP contribution in [0.4, 0.5) is 11.4 Å².